The van der Waals surface area contributed by atoms with Crippen molar-refractivity contribution in [1.29, 1.82) is 0 Å². The van der Waals surface area contributed by atoms with E-state index < -0.39 is 10.0 Å². The van der Waals surface area contributed by atoms with Crippen LogP contribution in [0.2, 0.25) is 0 Å². The van der Waals surface area contributed by atoms with Gasteiger partial charge in [-0.25, -0.2) is 13.4 Å². The molecule has 2 aliphatic heterocycles. The highest BCUT2D eigenvalue weighted by molar-refractivity contribution is 7.89. The minimum absolute atomic E-state index is 0.0620. The minimum Gasteiger partial charge on any atom is -0.497 e. The minimum atomic E-state index is -3.53. The van der Waals surface area contributed by atoms with Crippen molar-refractivity contribution in [3.05, 3.63) is 34.7 Å². The molecule has 11 heteroatoms. The number of thiazole rings is 1. The number of benzene rings is 1. The lowest BCUT2D eigenvalue weighted by Crippen LogP contribution is -2.50. The van der Waals surface area contributed by atoms with Crippen molar-refractivity contribution in [3.63, 3.8) is 0 Å². The molecule has 2 amide bonds. The zero-order valence-corrected chi connectivity index (χ0v) is 20.2. The lowest BCUT2D eigenvalue weighted by molar-refractivity contribution is -0.147. The number of imide groups is 1. The topological polar surface area (TPSA) is 100 Å². The Labute approximate surface area is 198 Å². The van der Waals surface area contributed by atoms with E-state index in [1.54, 1.807) is 18.4 Å². The molecule has 0 atom stereocenters. The van der Waals surface area contributed by atoms with Crippen LogP contribution < -0.4 is 4.74 Å². The second kappa shape index (κ2) is 10.3. The fraction of sp³-hybridized carbons (Fsp3) is 0.500. The third-order valence-corrected chi connectivity index (χ3v) is 8.66. The van der Waals surface area contributed by atoms with Gasteiger partial charge in [0.2, 0.25) is 21.8 Å². The fourth-order valence-corrected chi connectivity index (χ4v) is 6.26. The molecule has 0 spiro atoms. The highest BCUT2D eigenvalue weighted by Gasteiger charge is 2.31. The van der Waals surface area contributed by atoms with Crippen molar-refractivity contribution in [1.82, 2.24) is 19.1 Å². The molecule has 33 heavy (non-hydrogen) atoms. The first-order valence-corrected chi connectivity index (χ1v) is 13.5. The molecule has 178 valence electrons. The van der Waals surface area contributed by atoms with Crippen molar-refractivity contribution in [2.75, 3.05) is 45.6 Å². The van der Waals surface area contributed by atoms with E-state index in [1.807, 2.05) is 29.6 Å². The Morgan fingerprint density at radius 2 is 1.70 bits per heavy atom. The van der Waals surface area contributed by atoms with Crippen molar-refractivity contribution in [2.24, 2.45) is 0 Å². The molecule has 1 aromatic carbocycles. The smallest absolute Gasteiger partial charge is 0.229 e. The Balaban J connectivity index is 1.27. The number of piperazine rings is 1. The summed E-state index contributed by atoms with van der Waals surface area (Å²) in [5.74, 6) is 0.0333. The predicted molar refractivity (Wildman–Crippen MR) is 125 cm³/mol. The number of hydrogen-bond donors (Lipinski definition) is 0. The van der Waals surface area contributed by atoms with Crippen LogP contribution in [0.5, 0.6) is 5.75 Å². The van der Waals surface area contributed by atoms with Crippen LogP contribution in [0.1, 0.15) is 24.3 Å². The summed E-state index contributed by atoms with van der Waals surface area (Å²) < 4.78 is 32.2. The molecule has 0 aliphatic carbocycles. The first kappa shape index (κ1) is 23.8. The van der Waals surface area contributed by atoms with Crippen LogP contribution in [0.15, 0.2) is 29.6 Å². The lowest BCUT2D eigenvalue weighted by atomic mass is 10.1. The Morgan fingerprint density at radius 3 is 2.33 bits per heavy atom. The molecule has 9 nitrogen and oxygen atoms in total. The summed E-state index contributed by atoms with van der Waals surface area (Å²) in [5.41, 5.74) is 1.94. The molecule has 0 radical (unpaired) electrons. The highest BCUT2D eigenvalue weighted by atomic mass is 32.2. The van der Waals surface area contributed by atoms with Crippen LogP contribution in [0, 0.1) is 0 Å². The lowest BCUT2D eigenvalue weighted by Gasteiger charge is -2.34. The number of carbonyl (C=O) groups excluding carboxylic acids is 2. The van der Waals surface area contributed by atoms with Crippen molar-refractivity contribution in [3.8, 4) is 17.0 Å². The Morgan fingerprint density at radius 1 is 1.03 bits per heavy atom. The summed E-state index contributed by atoms with van der Waals surface area (Å²) in [4.78, 5) is 31.9. The average Bonchev–Trinajstić information content (AvgIpc) is 3.27. The van der Waals surface area contributed by atoms with Crippen molar-refractivity contribution < 1.29 is 22.7 Å². The van der Waals surface area contributed by atoms with Gasteiger partial charge >= 0.3 is 0 Å². The largest absolute Gasteiger partial charge is 0.497 e. The summed E-state index contributed by atoms with van der Waals surface area (Å²) in [5, 5.41) is 3.01. The molecular weight excluding hydrogens is 464 g/mol. The van der Waals surface area contributed by atoms with Gasteiger partial charge in [0.15, 0.2) is 0 Å². The zero-order chi connectivity index (χ0) is 23.4. The zero-order valence-electron chi connectivity index (χ0n) is 18.6. The van der Waals surface area contributed by atoms with Crippen molar-refractivity contribution in [2.45, 2.75) is 25.8 Å². The number of aromatic nitrogens is 1. The summed E-state index contributed by atoms with van der Waals surface area (Å²) in [6.45, 7) is 2.61. The first-order valence-electron chi connectivity index (χ1n) is 11.0. The molecule has 0 N–H and O–H groups in total. The van der Waals surface area contributed by atoms with E-state index in [0.717, 1.165) is 26.9 Å². The maximum Gasteiger partial charge on any atom is 0.229 e. The maximum absolute atomic E-state index is 12.8. The van der Waals surface area contributed by atoms with E-state index in [4.69, 9.17) is 9.72 Å². The Bertz CT molecular complexity index is 1080. The second-order valence-electron chi connectivity index (χ2n) is 8.14. The number of piperidine rings is 1. The molecule has 0 saturated carbocycles. The second-order valence-corrected chi connectivity index (χ2v) is 11.2. The number of ether oxygens (including phenoxy) is 1. The van der Waals surface area contributed by atoms with Crippen LogP contribution in [0.3, 0.4) is 0 Å². The van der Waals surface area contributed by atoms with Crippen molar-refractivity contribution >= 4 is 33.2 Å². The standard InChI is InChI=1S/C22H28N4O5S2/c1-31-18-7-5-17(6-8-18)19-16-32-20(23-19)15-24-9-11-25(12-10-24)33(29,30)14-13-26-21(27)3-2-4-22(26)28/h5-8,16H,2-4,9-15H2,1H3. The summed E-state index contributed by atoms with van der Waals surface area (Å²) in [6, 6.07) is 7.77. The molecule has 1 aromatic heterocycles. The van der Waals surface area contributed by atoms with Gasteiger partial charge in [-0.15, -0.1) is 11.3 Å². The quantitative estimate of drug-likeness (QED) is 0.518. The van der Waals surface area contributed by atoms with Crippen LogP contribution in [-0.4, -0.2) is 84.9 Å². The maximum atomic E-state index is 12.8. The number of rotatable bonds is 8. The van der Waals surface area contributed by atoms with E-state index in [0.29, 0.717) is 52.0 Å². The predicted octanol–water partition coefficient (Wildman–Crippen LogP) is 1.81. The van der Waals surface area contributed by atoms with Gasteiger partial charge in [-0.05, 0) is 30.7 Å². The van der Waals surface area contributed by atoms with Crippen LogP contribution in [0.25, 0.3) is 11.3 Å². The number of methoxy groups -OCH3 is 1. The number of likely N-dealkylation sites (tertiary alicyclic amines) is 1. The molecule has 0 bridgehead atoms. The summed E-state index contributed by atoms with van der Waals surface area (Å²) in [6.07, 6.45) is 1.16. The van der Waals surface area contributed by atoms with Gasteiger partial charge in [0.05, 0.1) is 25.1 Å². The number of amides is 2. The third-order valence-electron chi connectivity index (χ3n) is 5.98. The monoisotopic (exact) mass is 492 g/mol. The number of hydrogen-bond acceptors (Lipinski definition) is 8. The van der Waals surface area contributed by atoms with Gasteiger partial charge in [0.25, 0.3) is 0 Å². The molecule has 0 unspecified atom stereocenters. The SMILES string of the molecule is COc1ccc(-c2csc(CN3CCN(S(=O)(=O)CCN4C(=O)CCCC4=O)CC3)n2)cc1. The molecule has 2 saturated heterocycles. The van der Waals surface area contributed by atoms with Gasteiger partial charge < -0.3 is 4.74 Å². The number of carbonyl (C=O) groups is 2. The van der Waals surface area contributed by atoms with Gasteiger partial charge in [0, 0.05) is 56.5 Å². The van der Waals surface area contributed by atoms with E-state index >= 15 is 0 Å². The first-order chi connectivity index (χ1) is 15.9. The van der Waals surface area contributed by atoms with Gasteiger partial charge in [-0.3, -0.25) is 19.4 Å². The number of sulfonamides is 1. The van der Waals surface area contributed by atoms with E-state index in [9.17, 15) is 18.0 Å². The van der Waals surface area contributed by atoms with E-state index in [-0.39, 0.29) is 24.1 Å². The molecule has 2 aromatic rings. The third kappa shape index (κ3) is 5.78. The van der Waals surface area contributed by atoms with Gasteiger partial charge in [0.1, 0.15) is 10.8 Å². The van der Waals surface area contributed by atoms with E-state index in [1.165, 1.54) is 4.31 Å². The Hall–Kier alpha value is -2.34. The van der Waals surface area contributed by atoms with Crippen LogP contribution >= 0.6 is 11.3 Å². The van der Waals surface area contributed by atoms with Crippen LogP contribution in [-0.2, 0) is 26.2 Å². The number of nitrogens with zero attached hydrogens (tertiary/aromatic N) is 4. The van der Waals surface area contributed by atoms with Gasteiger partial charge in [-0.2, -0.15) is 4.31 Å². The summed E-state index contributed by atoms with van der Waals surface area (Å²) in [7, 11) is -1.89. The molecule has 2 aliphatic rings. The normalized spacial score (nSPS) is 18.6. The Kier molecular flexibility index (Phi) is 7.42. The summed E-state index contributed by atoms with van der Waals surface area (Å²) >= 11 is 1.59. The van der Waals surface area contributed by atoms with Crippen LogP contribution in [0.4, 0.5) is 0 Å². The molecule has 2 fully saturated rings. The van der Waals surface area contributed by atoms with E-state index in [2.05, 4.69) is 4.90 Å². The average molecular weight is 493 g/mol. The van der Waals surface area contributed by atoms with Gasteiger partial charge in [-0.1, -0.05) is 0 Å². The molecular formula is C22H28N4O5S2. The fourth-order valence-electron chi connectivity index (χ4n) is 4.02. The highest BCUT2D eigenvalue weighted by Crippen LogP contribution is 2.25. The molecule has 3 heterocycles. The molecule has 4 rings (SSSR count).